The first kappa shape index (κ1) is 13.8. The van der Waals surface area contributed by atoms with Crippen LogP contribution in [0.25, 0.3) is 10.9 Å². The van der Waals surface area contributed by atoms with Gasteiger partial charge in [-0.1, -0.05) is 12.1 Å². The summed E-state index contributed by atoms with van der Waals surface area (Å²) in [6.45, 7) is 0.0543. The molecule has 0 saturated heterocycles. The molecule has 1 aromatic carbocycles. The number of ether oxygens (including phenoxy) is 2. The summed E-state index contributed by atoms with van der Waals surface area (Å²) in [4.78, 5) is 15.9. The molecule has 6 heteroatoms. The Morgan fingerprint density at radius 3 is 2.89 bits per heavy atom. The highest BCUT2D eigenvalue weighted by molar-refractivity contribution is 9.09. The van der Waals surface area contributed by atoms with Crippen LogP contribution in [0.3, 0.4) is 0 Å². The first-order chi connectivity index (χ1) is 9.26. The molecule has 0 unspecified atom stereocenters. The number of aliphatic hydroxyl groups excluding tert-OH is 1. The van der Waals surface area contributed by atoms with E-state index in [0.717, 1.165) is 5.39 Å². The summed E-state index contributed by atoms with van der Waals surface area (Å²) in [6, 6.07) is 8.82. The monoisotopic (exact) mass is 325 g/mol. The molecule has 0 radical (unpaired) electrons. The first-order valence-corrected chi connectivity index (χ1v) is 6.75. The molecule has 0 aliphatic heterocycles. The van der Waals surface area contributed by atoms with Crippen LogP contribution in [-0.2, 0) is 4.74 Å². The molecule has 1 aromatic heterocycles. The van der Waals surface area contributed by atoms with E-state index in [-0.39, 0.29) is 24.4 Å². The fraction of sp³-hybridized carbons (Fsp3) is 0.231. The Morgan fingerprint density at radius 1 is 1.37 bits per heavy atom. The van der Waals surface area contributed by atoms with Gasteiger partial charge < -0.3 is 14.6 Å². The number of carbonyl (C=O) groups is 1. The summed E-state index contributed by atoms with van der Waals surface area (Å²) in [5.74, 6) is -0.0300. The third-order valence-electron chi connectivity index (χ3n) is 2.42. The van der Waals surface area contributed by atoms with Crippen molar-refractivity contribution in [1.82, 2.24) is 4.98 Å². The van der Waals surface area contributed by atoms with Crippen molar-refractivity contribution >= 4 is 32.8 Å². The number of pyridine rings is 1. The molecular formula is C13H12BrNO4. The molecule has 2 rings (SSSR count). The number of aliphatic hydroxyl groups is 1. The van der Waals surface area contributed by atoms with Crippen molar-refractivity contribution < 1.29 is 19.4 Å². The Kier molecular flexibility index (Phi) is 4.70. The molecule has 1 heterocycles. The van der Waals surface area contributed by atoms with E-state index in [9.17, 15) is 4.79 Å². The summed E-state index contributed by atoms with van der Waals surface area (Å²) < 4.78 is 10.3. The zero-order valence-electron chi connectivity index (χ0n) is 10.0. The zero-order chi connectivity index (χ0) is 13.7. The minimum Gasteiger partial charge on any atom is -0.490 e. The molecule has 0 spiro atoms. The van der Waals surface area contributed by atoms with E-state index in [1.165, 1.54) is 6.07 Å². The fourth-order valence-electron chi connectivity index (χ4n) is 1.65. The van der Waals surface area contributed by atoms with Crippen molar-refractivity contribution in [2.24, 2.45) is 0 Å². The molecular weight excluding hydrogens is 314 g/mol. The topological polar surface area (TPSA) is 68.7 Å². The lowest BCUT2D eigenvalue weighted by Crippen LogP contribution is -2.08. The normalized spacial score (nSPS) is 10.4. The van der Waals surface area contributed by atoms with Gasteiger partial charge in [-0.25, -0.2) is 9.78 Å². The summed E-state index contributed by atoms with van der Waals surface area (Å²) in [7, 11) is 0. The second-order valence-corrected chi connectivity index (χ2v) is 4.09. The lowest BCUT2D eigenvalue weighted by atomic mass is 10.2. The number of hydrogen-bond donors (Lipinski definition) is 1. The smallest absolute Gasteiger partial charge is 0.357 e. The highest BCUT2D eigenvalue weighted by atomic mass is 79.9. The van der Waals surface area contributed by atoms with Gasteiger partial charge in [0.25, 0.3) is 0 Å². The van der Waals surface area contributed by atoms with Gasteiger partial charge in [-0.15, -0.1) is 0 Å². The van der Waals surface area contributed by atoms with Gasteiger partial charge in [-0.3, -0.25) is 0 Å². The summed E-state index contributed by atoms with van der Waals surface area (Å²) in [6.07, 6.45) is 0. The van der Waals surface area contributed by atoms with E-state index in [4.69, 9.17) is 14.6 Å². The molecule has 0 aliphatic carbocycles. The van der Waals surface area contributed by atoms with Gasteiger partial charge >= 0.3 is 5.97 Å². The van der Waals surface area contributed by atoms with E-state index in [1.54, 1.807) is 6.07 Å². The van der Waals surface area contributed by atoms with Gasteiger partial charge in [-0.05, 0) is 28.1 Å². The minimum absolute atomic E-state index is 0.0994. The maximum atomic E-state index is 11.7. The van der Waals surface area contributed by atoms with Crippen LogP contribution in [0.15, 0.2) is 30.3 Å². The molecule has 0 saturated carbocycles. The van der Waals surface area contributed by atoms with Gasteiger partial charge in [-0.2, -0.15) is 0 Å². The Morgan fingerprint density at radius 2 is 2.16 bits per heavy atom. The quantitative estimate of drug-likeness (QED) is 0.673. The molecule has 1 N–H and O–H groups in total. The number of para-hydroxylation sites is 1. The summed E-state index contributed by atoms with van der Waals surface area (Å²) >= 11 is 3.02. The number of nitrogens with zero attached hydrogens (tertiary/aromatic N) is 1. The van der Waals surface area contributed by atoms with Crippen molar-refractivity contribution in [2.75, 3.05) is 18.7 Å². The Labute approximate surface area is 118 Å². The molecule has 2 aromatic rings. The number of rotatable bonds is 5. The SMILES string of the molecule is O=C(OCBr)c1cc(OCCO)c2ccccc2n1. The molecule has 19 heavy (non-hydrogen) atoms. The van der Waals surface area contributed by atoms with Gasteiger partial charge in [0.05, 0.1) is 12.1 Å². The van der Waals surface area contributed by atoms with Crippen LogP contribution >= 0.6 is 15.9 Å². The third-order valence-corrected chi connectivity index (χ3v) is 2.65. The molecule has 0 amide bonds. The van der Waals surface area contributed by atoms with Crippen molar-refractivity contribution in [3.63, 3.8) is 0 Å². The van der Waals surface area contributed by atoms with Crippen LogP contribution in [-0.4, -0.2) is 34.8 Å². The highest BCUT2D eigenvalue weighted by Crippen LogP contribution is 2.25. The lowest BCUT2D eigenvalue weighted by Gasteiger charge is -2.09. The van der Waals surface area contributed by atoms with Gasteiger partial charge in [0.15, 0.2) is 5.69 Å². The van der Waals surface area contributed by atoms with Crippen LogP contribution in [0.2, 0.25) is 0 Å². The van der Waals surface area contributed by atoms with Gasteiger partial charge in [0.1, 0.15) is 17.9 Å². The number of carbonyl (C=O) groups excluding carboxylic acids is 1. The predicted octanol–water partition coefficient (Wildman–Crippen LogP) is 2.12. The second kappa shape index (κ2) is 6.49. The van der Waals surface area contributed by atoms with Crippen molar-refractivity contribution in [1.29, 1.82) is 0 Å². The molecule has 0 atom stereocenters. The summed E-state index contributed by atoms with van der Waals surface area (Å²) in [5, 5.41) is 9.61. The number of benzene rings is 1. The van der Waals surface area contributed by atoms with E-state index in [1.807, 2.05) is 18.2 Å². The molecule has 0 bridgehead atoms. The molecule has 5 nitrogen and oxygen atoms in total. The number of alkyl halides is 1. The maximum absolute atomic E-state index is 11.7. The number of hydrogen-bond acceptors (Lipinski definition) is 5. The van der Waals surface area contributed by atoms with Crippen LogP contribution in [0.1, 0.15) is 10.5 Å². The molecule has 0 fully saturated rings. The molecule has 100 valence electrons. The third kappa shape index (κ3) is 3.21. The van der Waals surface area contributed by atoms with Crippen molar-refractivity contribution in [2.45, 2.75) is 0 Å². The number of esters is 1. The number of aromatic nitrogens is 1. The van der Waals surface area contributed by atoms with E-state index >= 15 is 0 Å². The minimum atomic E-state index is -0.531. The fourth-order valence-corrected chi connectivity index (χ4v) is 1.85. The van der Waals surface area contributed by atoms with Crippen LogP contribution in [0.4, 0.5) is 0 Å². The first-order valence-electron chi connectivity index (χ1n) is 5.63. The average Bonchev–Trinajstić information content (AvgIpc) is 2.44. The second-order valence-electron chi connectivity index (χ2n) is 3.64. The van der Waals surface area contributed by atoms with Crippen molar-refractivity contribution in [3.8, 4) is 5.75 Å². The number of halogens is 1. The van der Waals surface area contributed by atoms with Crippen LogP contribution in [0, 0.1) is 0 Å². The van der Waals surface area contributed by atoms with E-state index in [0.29, 0.717) is 11.3 Å². The zero-order valence-corrected chi connectivity index (χ0v) is 11.6. The Hall–Kier alpha value is -1.66. The largest absolute Gasteiger partial charge is 0.490 e. The van der Waals surface area contributed by atoms with Gasteiger partial charge in [0, 0.05) is 11.5 Å². The van der Waals surface area contributed by atoms with E-state index < -0.39 is 5.97 Å². The predicted molar refractivity (Wildman–Crippen MR) is 73.5 cm³/mol. The highest BCUT2D eigenvalue weighted by Gasteiger charge is 2.13. The van der Waals surface area contributed by atoms with Crippen LogP contribution in [0.5, 0.6) is 5.75 Å². The maximum Gasteiger partial charge on any atom is 0.357 e. The molecule has 0 aliphatic rings. The Balaban J connectivity index is 2.46. The summed E-state index contributed by atoms with van der Waals surface area (Å²) in [5.41, 5.74) is 0.915. The van der Waals surface area contributed by atoms with E-state index in [2.05, 4.69) is 20.9 Å². The van der Waals surface area contributed by atoms with Crippen LogP contribution < -0.4 is 4.74 Å². The van der Waals surface area contributed by atoms with Crippen molar-refractivity contribution in [3.05, 3.63) is 36.0 Å². The number of fused-ring (bicyclic) bond motifs is 1. The average molecular weight is 326 g/mol. The Bertz CT molecular complexity index is 588. The standard InChI is InChI=1S/C13H12BrNO4/c14-8-19-13(17)11-7-12(18-6-5-16)9-3-1-2-4-10(9)15-11/h1-4,7,16H,5-6,8H2. The van der Waals surface area contributed by atoms with Gasteiger partial charge in [0.2, 0.25) is 0 Å². The lowest BCUT2D eigenvalue weighted by molar-refractivity contribution is 0.0577.